The zero-order valence-electron chi connectivity index (χ0n) is 20.3. The average Bonchev–Trinajstić information content (AvgIpc) is 2.96. The molecule has 1 saturated heterocycles. The topological polar surface area (TPSA) is 44.8 Å². The Morgan fingerprint density at radius 1 is 1.19 bits per heavy atom. The molecule has 0 radical (unpaired) electrons. The van der Waals surface area contributed by atoms with E-state index in [1.165, 1.54) is 12.0 Å². The smallest absolute Gasteiger partial charge is 0.236 e. The van der Waals surface area contributed by atoms with Gasteiger partial charge in [-0.3, -0.25) is 9.69 Å². The summed E-state index contributed by atoms with van der Waals surface area (Å²) in [4.78, 5) is 17.1. The number of rotatable bonds is 6. The molecule has 0 aliphatic carbocycles. The van der Waals surface area contributed by atoms with Crippen LogP contribution in [0.1, 0.15) is 63.3 Å². The molecule has 2 aromatic carbocycles. The molecule has 0 saturated carbocycles. The fourth-order valence-electron chi connectivity index (χ4n) is 5.49. The highest BCUT2D eigenvalue weighted by atomic mass is 16.5. The Morgan fingerprint density at radius 3 is 2.56 bits per heavy atom. The van der Waals surface area contributed by atoms with Crippen molar-refractivity contribution >= 4 is 11.6 Å². The lowest BCUT2D eigenvalue weighted by atomic mass is 9.85. The van der Waals surface area contributed by atoms with E-state index in [0.717, 1.165) is 35.5 Å². The number of carbonyl (C=O) groups excluding carboxylic acids is 1. The summed E-state index contributed by atoms with van der Waals surface area (Å²) >= 11 is 0. The summed E-state index contributed by atoms with van der Waals surface area (Å²) in [7, 11) is 3.56. The fraction of sp³-hybridized carbons (Fsp3) is 0.519. The maximum Gasteiger partial charge on any atom is 0.236 e. The lowest BCUT2D eigenvalue weighted by Crippen LogP contribution is -2.50. The van der Waals surface area contributed by atoms with Crippen LogP contribution in [0, 0.1) is 0 Å². The number of methoxy groups -OCH3 is 1. The van der Waals surface area contributed by atoms with E-state index < -0.39 is 5.41 Å². The summed E-state index contributed by atoms with van der Waals surface area (Å²) in [6.07, 6.45) is 2.33. The third-order valence-electron chi connectivity index (χ3n) is 7.30. The summed E-state index contributed by atoms with van der Waals surface area (Å²) in [6, 6.07) is 16.2. The van der Waals surface area contributed by atoms with Crippen LogP contribution < -0.4 is 15.0 Å². The molecular formula is C27H37N3O2. The predicted octanol–water partition coefficient (Wildman–Crippen LogP) is 4.65. The number of ether oxygens (including phenoxy) is 1. The van der Waals surface area contributed by atoms with Crippen molar-refractivity contribution < 1.29 is 9.53 Å². The zero-order valence-corrected chi connectivity index (χ0v) is 20.3. The molecule has 5 heteroatoms. The van der Waals surface area contributed by atoms with Crippen molar-refractivity contribution in [1.29, 1.82) is 0 Å². The molecule has 2 heterocycles. The van der Waals surface area contributed by atoms with Gasteiger partial charge in [0.1, 0.15) is 5.75 Å². The van der Waals surface area contributed by atoms with Crippen LogP contribution in [0.2, 0.25) is 0 Å². The fourth-order valence-corrected chi connectivity index (χ4v) is 5.49. The first-order valence-corrected chi connectivity index (χ1v) is 11.8. The van der Waals surface area contributed by atoms with Gasteiger partial charge in [0.25, 0.3) is 0 Å². The van der Waals surface area contributed by atoms with Crippen LogP contribution in [0.3, 0.4) is 0 Å². The standard InChI is InChI=1S/C27H37N3O2/c1-18(2)30-14-10-13-22(25(30)19-11-8-7-9-12-19)28-17-20-15-21-23(16-24(20)32-6)29(5)26(31)27(21,3)4/h7-9,11-12,15-16,18,22,25,28H,10,13-14,17H2,1-6H3/t22-,25+/m0/s1. The van der Waals surface area contributed by atoms with E-state index >= 15 is 0 Å². The quantitative estimate of drug-likeness (QED) is 0.717. The van der Waals surface area contributed by atoms with Crippen LogP contribution in [0.25, 0.3) is 0 Å². The third-order valence-corrected chi connectivity index (χ3v) is 7.30. The molecule has 1 N–H and O–H groups in total. The van der Waals surface area contributed by atoms with E-state index in [1.54, 1.807) is 12.0 Å². The van der Waals surface area contributed by atoms with Gasteiger partial charge in [-0.05, 0) is 64.3 Å². The molecule has 32 heavy (non-hydrogen) atoms. The number of nitrogens with one attached hydrogen (secondary N) is 1. The first kappa shape index (κ1) is 22.8. The van der Waals surface area contributed by atoms with E-state index in [-0.39, 0.29) is 5.91 Å². The van der Waals surface area contributed by atoms with Gasteiger partial charge in [-0.25, -0.2) is 0 Å². The van der Waals surface area contributed by atoms with E-state index in [0.29, 0.717) is 24.7 Å². The lowest BCUT2D eigenvalue weighted by molar-refractivity contribution is -0.121. The summed E-state index contributed by atoms with van der Waals surface area (Å²) in [6.45, 7) is 10.4. The number of likely N-dealkylation sites (N-methyl/N-ethyl adjacent to an activating group) is 1. The predicted molar refractivity (Wildman–Crippen MR) is 130 cm³/mol. The second-order valence-corrected chi connectivity index (χ2v) is 9.99. The van der Waals surface area contributed by atoms with Crippen LogP contribution in [0.4, 0.5) is 5.69 Å². The minimum atomic E-state index is -0.517. The largest absolute Gasteiger partial charge is 0.496 e. The van der Waals surface area contributed by atoms with E-state index in [9.17, 15) is 4.79 Å². The molecule has 4 rings (SSSR count). The van der Waals surface area contributed by atoms with Crippen molar-refractivity contribution in [3.8, 4) is 5.75 Å². The summed E-state index contributed by atoms with van der Waals surface area (Å²) < 4.78 is 5.74. The number of hydrogen-bond acceptors (Lipinski definition) is 4. The Balaban J connectivity index is 1.62. The number of hydrogen-bond donors (Lipinski definition) is 1. The number of amides is 1. The van der Waals surface area contributed by atoms with Crippen molar-refractivity contribution in [1.82, 2.24) is 10.2 Å². The van der Waals surface area contributed by atoms with E-state index in [4.69, 9.17) is 4.74 Å². The highest BCUT2D eigenvalue weighted by Crippen LogP contribution is 2.44. The molecule has 0 aromatic heterocycles. The molecule has 2 aromatic rings. The van der Waals surface area contributed by atoms with Gasteiger partial charge in [-0.15, -0.1) is 0 Å². The van der Waals surface area contributed by atoms with Crippen molar-refractivity contribution in [3.05, 3.63) is 59.2 Å². The van der Waals surface area contributed by atoms with Gasteiger partial charge in [0.15, 0.2) is 0 Å². The number of piperidine rings is 1. The molecule has 172 valence electrons. The first-order chi connectivity index (χ1) is 15.3. The Kier molecular flexibility index (Phi) is 6.33. The van der Waals surface area contributed by atoms with E-state index in [2.05, 4.69) is 60.5 Å². The van der Waals surface area contributed by atoms with E-state index in [1.807, 2.05) is 27.0 Å². The lowest BCUT2D eigenvalue weighted by Gasteiger charge is -2.44. The van der Waals surface area contributed by atoms with Crippen LogP contribution in [0.5, 0.6) is 5.75 Å². The molecule has 2 atom stereocenters. The van der Waals surface area contributed by atoms with Gasteiger partial charge in [0, 0.05) is 37.3 Å². The number of nitrogens with zero attached hydrogens (tertiary/aromatic N) is 2. The van der Waals surface area contributed by atoms with Gasteiger partial charge in [0.2, 0.25) is 5.91 Å². The van der Waals surface area contributed by atoms with Crippen molar-refractivity contribution in [2.45, 2.75) is 70.6 Å². The molecule has 0 spiro atoms. The molecule has 0 bridgehead atoms. The van der Waals surface area contributed by atoms with Crippen molar-refractivity contribution in [2.75, 3.05) is 25.6 Å². The summed E-state index contributed by atoms with van der Waals surface area (Å²) in [5.74, 6) is 0.963. The van der Waals surface area contributed by atoms with Gasteiger partial charge < -0.3 is 15.0 Å². The monoisotopic (exact) mass is 435 g/mol. The molecule has 2 aliphatic heterocycles. The Bertz CT molecular complexity index is 970. The molecular weight excluding hydrogens is 398 g/mol. The second kappa shape index (κ2) is 8.87. The molecule has 2 aliphatic rings. The Hall–Kier alpha value is -2.37. The normalized spacial score (nSPS) is 23.0. The first-order valence-electron chi connectivity index (χ1n) is 11.8. The van der Waals surface area contributed by atoms with Gasteiger partial charge in [-0.1, -0.05) is 30.3 Å². The van der Waals surface area contributed by atoms with Crippen molar-refractivity contribution in [3.63, 3.8) is 0 Å². The Labute approximate surface area is 192 Å². The minimum absolute atomic E-state index is 0.128. The zero-order chi connectivity index (χ0) is 23.0. The van der Waals surface area contributed by atoms with Crippen molar-refractivity contribution in [2.24, 2.45) is 0 Å². The average molecular weight is 436 g/mol. The number of benzene rings is 2. The van der Waals surface area contributed by atoms with Gasteiger partial charge in [0.05, 0.1) is 24.3 Å². The summed E-state index contributed by atoms with van der Waals surface area (Å²) in [5.41, 5.74) is 3.99. The van der Waals surface area contributed by atoms with Crippen LogP contribution >= 0.6 is 0 Å². The number of fused-ring (bicyclic) bond motifs is 1. The molecule has 5 nitrogen and oxygen atoms in total. The van der Waals surface area contributed by atoms with Gasteiger partial charge in [-0.2, -0.15) is 0 Å². The summed E-state index contributed by atoms with van der Waals surface area (Å²) in [5, 5.41) is 3.87. The number of anilines is 1. The van der Waals surface area contributed by atoms with Crippen LogP contribution in [-0.4, -0.2) is 43.6 Å². The second-order valence-electron chi connectivity index (χ2n) is 9.99. The Morgan fingerprint density at radius 2 is 1.91 bits per heavy atom. The molecule has 1 fully saturated rings. The SMILES string of the molecule is COc1cc2c(cc1CN[C@H]1CCCN(C(C)C)[C@@H]1c1ccccc1)C(C)(C)C(=O)N2C. The minimum Gasteiger partial charge on any atom is -0.496 e. The number of likely N-dealkylation sites (tertiary alicyclic amines) is 1. The maximum atomic E-state index is 12.8. The van der Waals surface area contributed by atoms with Crippen LogP contribution in [-0.2, 0) is 16.8 Å². The highest BCUT2D eigenvalue weighted by Gasteiger charge is 2.43. The van der Waals surface area contributed by atoms with Gasteiger partial charge >= 0.3 is 0 Å². The molecule has 1 amide bonds. The highest BCUT2D eigenvalue weighted by molar-refractivity contribution is 6.07. The maximum absolute atomic E-state index is 12.8. The number of carbonyl (C=O) groups is 1. The molecule has 0 unspecified atom stereocenters. The van der Waals surface area contributed by atoms with Crippen LogP contribution in [0.15, 0.2) is 42.5 Å². The third kappa shape index (κ3) is 3.93.